The number of rotatable bonds is 2. The number of H-pyrrole nitrogens is 2. The molecule has 0 fully saturated rings. The van der Waals surface area contributed by atoms with E-state index in [0.717, 1.165) is 78.2 Å². The molecule has 0 bridgehead atoms. The fourth-order valence-corrected chi connectivity index (χ4v) is 5.04. The van der Waals surface area contributed by atoms with Crippen LogP contribution in [0.2, 0.25) is 0 Å². The Morgan fingerprint density at radius 3 is 2.62 bits per heavy atom. The molecule has 0 aliphatic carbocycles. The largest absolute Gasteiger partial charge is 0.487 e. The Balaban J connectivity index is 1.44. The molecule has 0 radical (unpaired) electrons. The molecule has 6 nitrogen and oxygen atoms in total. The monoisotopic (exact) mass is 445 g/mol. The third kappa shape index (κ3) is 2.71. The zero-order valence-electron chi connectivity index (χ0n) is 19.2. The molecule has 0 unspecified atom stereocenters. The Kier molecular flexibility index (Phi) is 3.92. The molecule has 0 saturated heterocycles. The van der Waals surface area contributed by atoms with Gasteiger partial charge in [0.1, 0.15) is 24.0 Å². The summed E-state index contributed by atoms with van der Waals surface area (Å²) < 4.78 is 6.07. The van der Waals surface area contributed by atoms with E-state index in [0.29, 0.717) is 12.5 Å². The van der Waals surface area contributed by atoms with E-state index in [-0.39, 0.29) is 0 Å². The number of aromatic amines is 2. The molecule has 6 aromatic rings. The minimum absolute atomic E-state index is 0.322. The number of pyridine rings is 1. The molecule has 2 N–H and O–H groups in total. The highest BCUT2D eigenvalue weighted by molar-refractivity contribution is 6.22. The summed E-state index contributed by atoms with van der Waals surface area (Å²) in [5.41, 5.74) is 8.31. The van der Waals surface area contributed by atoms with Crippen LogP contribution in [0, 0.1) is 6.92 Å². The van der Waals surface area contributed by atoms with Crippen molar-refractivity contribution in [2.45, 2.75) is 33.3 Å². The third-order valence-corrected chi connectivity index (χ3v) is 6.72. The molecular weight excluding hydrogens is 422 g/mol. The maximum atomic E-state index is 6.07. The standard InChI is InChI=1S/C28H23N5O/c1-14(2)28-32-26-18-8-6-16(11-21(18)24-20(27(26)33-28)5-4-10-29-24)17-7-9-19-23(12-17)34-13-22-25(19)31-15(3)30-22/h4-12,14H,13H2,1-3H3,(H,30,31)(H,32,33). The number of nitrogens with one attached hydrogen (secondary N) is 2. The summed E-state index contributed by atoms with van der Waals surface area (Å²) in [5, 5.41) is 3.32. The van der Waals surface area contributed by atoms with E-state index in [1.54, 1.807) is 0 Å². The number of ether oxygens (including phenoxy) is 1. The molecule has 34 heavy (non-hydrogen) atoms. The molecule has 3 aromatic heterocycles. The van der Waals surface area contributed by atoms with Gasteiger partial charge in [0.15, 0.2) is 0 Å². The van der Waals surface area contributed by atoms with E-state index in [1.807, 2.05) is 19.2 Å². The number of benzene rings is 3. The topological polar surface area (TPSA) is 79.5 Å². The summed E-state index contributed by atoms with van der Waals surface area (Å²) in [7, 11) is 0. The molecule has 0 saturated carbocycles. The molecule has 3 aromatic carbocycles. The zero-order valence-corrected chi connectivity index (χ0v) is 19.2. The van der Waals surface area contributed by atoms with Crippen molar-refractivity contribution < 1.29 is 4.74 Å². The van der Waals surface area contributed by atoms with Crippen molar-refractivity contribution in [2.75, 3.05) is 0 Å². The van der Waals surface area contributed by atoms with Crippen LogP contribution >= 0.6 is 0 Å². The van der Waals surface area contributed by atoms with Gasteiger partial charge < -0.3 is 14.7 Å². The maximum absolute atomic E-state index is 6.07. The number of aryl methyl sites for hydroxylation is 1. The van der Waals surface area contributed by atoms with Gasteiger partial charge in [-0.1, -0.05) is 32.0 Å². The van der Waals surface area contributed by atoms with Crippen LogP contribution < -0.4 is 4.74 Å². The van der Waals surface area contributed by atoms with E-state index < -0.39 is 0 Å². The fraction of sp³-hybridized carbons (Fsp3) is 0.179. The van der Waals surface area contributed by atoms with Gasteiger partial charge in [-0.05, 0) is 48.4 Å². The van der Waals surface area contributed by atoms with Crippen LogP contribution in [-0.4, -0.2) is 24.9 Å². The van der Waals surface area contributed by atoms with Crippen LogP contribution in [0.4, 0.5) is 0 Å². The molecule has 6 heteroatoms. The normalized spacial score (nSPS) is 12.9. The maximum Gasteiger partial charge on any atom is 0.130 e. The highest BCUT2D eigenvalue weighted by Gasteiger charge is 2.22. The van der Waals surface area contributed by atoms with Crippen LogP contribution in [0.15, 0.2) is 54.7 Å². The lowest BCUT2D eigenvalue weighted by Gasteiger charge is -2.18. The average molecular weight is 446 g/mol. The van der Waals surface area contributed by atoms with Crippen molar-refractivity contribution in [2.24, 2.45) is 0 Å². The summed E-state index contributed by atoms with van der Waals surface area (Å²) in [5.74, 6) is 3.09. The molecule has 4 heterocycles. The Bertz CT molecular complexity index is 1760. The molecule has 7 rings (SSSR count). The molecule has 166 valence electrons. The van der Waals surface area contributed by atoms with E-state index in [9.17, 15) is 0 Å². The highest BCUT2D eigenvalue weighted by Crippen LogP contribution is 2.40. The summed E-state index contributed by atoms with van der Waals surface area (Å²) in [6.07, 6.45) is 1.85. The van der Waals surface area contributed by atoms with Crippen molar-refractivity contribution in [3.8, 4) is 28.1 Å². The first kappa shape index (κ1) is 19.3. The summed E-state index contributed by atoms with van der Waals surface area (Å²) in [6, 6.07) is 17.0. The van der Waals surface area contributed by atoms with E-state index in [4.69, 9.17) is 14.7 Å². The predicted octanol–water partition coefficient (Wildman–Crippen LogP) is 6.65. The van der Waals surface area contributed by atoms with Crippen LogP contribution in [0.3, 0.4) is 0 Å². The van der Waals surface area contributed by atoms with E-state index in [2.05, 4.69) is 71.3 Å². The van der Waals surface area contributed by atoms with Gasteiger partial charge in [-0.3, -0.25) is 4.98 Å². The quantitative estimate of drug-likeness (QED) is 0.293. The summed E-state index contributed by atoms with van der Waals surface area (Å²) in [4.78, 5) is 21.2. The number of hydrogen-bond donors (Lipinski definition) is 2. The second-order valence-corrected chi connectivity index (χ2v) is 9.31. The Hall–Kier alpha value is -4.19. The minimum Gasteiger partial charge on any atom is -0.487 e. The molecule has 1 aliphatic rings. The Morgan fingerprint density at radius 1 is 0.882 bits per heavy atom. The van der Waals surface area contributed by atoms with Crippen LogP contribution in [0.25, 0.3) is 55.1 Å². The highest BCUT2D eigenvalue weighted by atomic mass is 16.5. The first-order valence-corrected chi connectivity index (χ1v) is 11.6. The lowest BCUT2D eigenvalue weighted by molar-refractivity contribution is 0.298. The van der Waals surface area contributed by atoms with Gasteiger partial charge in [-0.2, -0.15) is 0 Å². The number of nitrogens with zero attached hydrogens (tertiary/aromatic N) is 3. The Labute approximate surface area is 196 Å². The van der Waals surface area contributed by atoms with Gasteiger partial charge in [-0.15, -0.1) is 0 Å². The van der Waals surface area contributed by atoms with Gasteiger partial charge in [0.05, 0.1) is 27.9 Å². The van der Waals surface area contributed by atoms with Gasteiger partial charge in [0.2, 0.25) is 0 Å². The van der Waals surface area contributed by atoms with Crippen LogP contribution in [0.1, 0.15) is 37.1 Å². The SMILES string of the molecule is Cc1nc2c([nH]1)COc1cc(-c3ccc4c(c3)c3ncccc3c3nc(C(C)C)[nH]c43)ccc1-2. The van der Waals surface area contributed by atoms with Crippen molar-refractivity contribution in [3.05, 3.63) is 72.1 Å². The van der Waals surface area contributed by atoms with E-state index >= 15 is 0 Å². The minimum atomic E-state index is 0.322. The van der Waals surface area contributed by atoms with Gasteiger partial charge >= 0.3 is 0 Å². The van der Waals surface area contributed by atoms with Crippen LogP contribution in [0.5, 0.6) is 5.75 Å². The van der Waals surface area contributed by atoms with Crippen molar-refractivity contribution in [3.63, 3.8) is 0 Å². The number of fused-ring (bicyclic) bond motifs is 9. The lowest BCUT2D eigenvalue weighted by atomic mass is 9.96. The number of imidazole rings is 2. The smallest absolute Gasteiger partial charge is 0.130 e. The number of aromatic nitrogens is 5. The summed E-state index contributed by atoms with van der Waals surface area (Å²) in [6.45, 7) is 6.79. The van der Waals surface area contributed by atoms with Crippen LogP contribution in [-0.2, 0) is 6.61 Å². The van der Waals surface area contributed by atoms with Crippen molar-refractivity contribution >= 4 is 32.7 Å². The first-order chi connectivity index (χ1) is 16.6. The van der Waals surface area contributed by atoms with Crippen molar-refractivity contribution in [1.29, 1.82) is 0 Å². The molecule has 0 spiro atoms. The van der Waals surface area contributed by atoms with E-state index in [1.165, 1.54) is 0 Å². The van der Waals surface area contributed by atoms with Gasteiger partial charge in [-0.25, -0.2) is 9.97 Å². The first-order valence-electron chi connectivity index (χ1n) is 11.6. The lowest BCUT2D eigenvalue weighted by Crippen LogP contribution is -2.05. The second-order valence-electron chi connectivity index (χ2n) is 9.31. The zero-order chi connectivity index (χ0) is 23.0. The number of hydrogen-bond acceptors (Lipinski definition) is 4. The second kappa shape index (κ2) is 6.90. The van der Waals surface area contributed by atoms with Gasteiger partial charge in [0, 0.05) is 33.8 Å². The molecule has 1 aliphatic heterocycles. The molecule has 0 amide bonds. The van der Waals surface area contributed by atoms with Crippen molar-refractivity contribution in [1.82, 2.24) is 24.9 Å². The molecule has 0 atom stereocenters. The predicted molar refractivity (Wildman–Crippen MR) is 135 cm³/mol. The third-order valence-electron chi connectivity index (χ3n) is 6.72. The summed E-state index contributed by atoms with van der Waals surface area (Å²) >= 11 is 0. The van der Waals surface area contributed by atoms with Gasteiger partial charge in [0.25, 0.3) is 0 Å². The fourth-order valence-electron chi connectivity index (χ4n) is 5.04. The Morgan fingerprint density at radius 2 is 1.74 bits per heavy atom. The average Bonchev–Trinajstić information content (AvgIpc) is 3.47. The molecular formula is C28H23N5O.